The van der Waals surface area contributed by atoms with Gasteiger partial charge in [-0.05, 0) is 35.4 Å². The predicted octanol–water partition coefficient (Wildman–Crippen LogP) is 6.54. The van der Waals surface area contributed by atoms with Crippen LogP contribution in [0.1, 0.15) is 11.1 Å². The van der Waals surface area contributed by atoms with Gasteiger partial charge < -0.3 is 24.8 Å². The van der Waals surface area contributed by atoms with Crippen molar-refractivity contribution >= 4 is 48.8 Å². The quantitative estimate of drug-likeness (QED) is 0.149. The van der Waals surface area contributed by atoms with E-state index in [9.17, 15) is 0 Å². The van der Waals surface area contributed by atoms with Crippen molar-refractivity contribution in [3.05, 3.63) is 181 Å². The standard InChI is InChI=1S/2C23H17N2.C2H6Si.2ClH.Zr/c2*1-16-11-20-13-19(17-7-3-2-4-8-17)14-23(21(20)12-16)25-15-18-9-5-6-10-22(18)24-25;1-3-2;;;/h2*2-15H,1H3;1-2H3;2*1H;/q2*-1;;;;+2/p-2. The SMILES string of the molecule is C[Si](C)=[Zr+2].Cc1cc2c(-n3cc4ccccc4n3)cc(-c3ccccc3)cc2[cH-]1.Cc1cc2c(-n3cc4ccccc4n3)cc(-c3ccccc3)cc2[cH-]1.[Cl-].[Cl-]. The first-order chi connectivity index (χ1) is 26.3. The molecule has 0 aliphatic rings. The largest absolute Gasteiger partial charge is 1.00 e. The first kappa shape index (κ1) is 40.8. The first-order valence-corrected chi connectivity index (χ1v) is 24.4. The molecule has 0 aliphatic heterocycles. The number of hydrogen-bond acceptors (Lipinski definition) is 2. The van der Waals surface area contributed by atoms with Gasteiger partial charge in [0.05, 0.1) is 11.0 Å². The molecule has 0 amide bonds. The summed E-state index contributed by atoms with van der Waals surface area (Å²) in [5.41, 5.74) is 11.9. The number of benzene rings is 6. The molecule has 2 aromatic heterocycles. The van der Waals surface area contributed by atoms with Gasteiger partial charge in [-0.3, -0.25) is 0 Å². The zero-order chi connectivity index (χ0) is 37.2. The summed E-state index contributed by atoms with van der Waals surface area (Å²) < 4.78 is 4.03. The van der Waals surface area contributed by atoms with Crippen LogP contribution in [0.15, 0.2) is 170 Å². The van der Waals surface area contributed by atoms with E-state index in [0.717, 1.165) is 33.2 Å². The van der Waals surface area contributed by atoms with Gasteiger partial charge in [-0.1, -0.05) is 122 Å². The minimum atomic E-state index is 0. The fourth-order valence-corrected chi connectivity index (χ4v) is 7.05. The Kier molecular flexibility index (Phi) is 13.1. The van der Waals surface area contributed by atoms with Crippen molar-refractivity contribution in [1.29, 1.82) is 0 Å². The van der Waals surface area contributed by atoms with E-state index in [4.69, 9.17) is 10.2 Å². The van der Waals surface area contributed by atoms with Crippen LogP contribution in [0.5, 0.6) is 0 Å². The van der Waals surface area contributed by atoms with E-state index in [1.807, 2.05) is 21.5 Å². The fourth-order valence-electron chi connectivity index (χ4n) is 7.05. The Labute approximate surface area is 355 Å². The summed E-state index contributed by atoms with van der Waals surface area (Å²) in [6, 6.07) is 55.5. The molecule has 10 aromatic rings. The predicted molar refractivity (Wildman–Crippen MR) is 226 cm³/mol. The molecule has 0 radical (unpaired) electrons. The Morgan fingerprint density at radius 1 is 0.482 bits per heavy atom. The van der Waals surface area contributed by atoms with Crippen LogP contribution in [0.3, 0.4) is 0 Å². The summed E-state index contributed by atoms with van der Waals surface area (Å²) in [5, 5.41) is 16.9. The van der Waals surface area contributed by atoms with Crippen molar-refractivity contribution in [2.24, 2.45) is 0 Å². The van der Waals surface area contributed by atoms with E-state index >= 15 is 0 Å². The zero-order valence-corrected chi connectivity index (χ0v) is 36.7. The number of halogens is 2. The maximum atomic E-state index is 4.79. The molecule has 276 valence electrons. The maximum absolute atomic E-state index is 4.79. The van der Waals surface area contributed by atoms with Crippen LogP contribution in [0, 0.1) is 13.8 Å². The van der Waals surface area contributed by atoms with Crippen molar-refractivity contribution < 1.29 is 48.1 Å². The molecule has 0 spiro atoms. The van der Waals surface area contributed by atoms with E-state index in [1.54, 1.807) is 23.3 Å². The molecule has 0 fully saturated rings. The minimum Gasteiger partial charge on any atom is -1.00 e. The molecule has 8 aromatic carbocycles. The number of nitrogens with zero attached hydrogens (tertiary/aromatic N) is 4. The van der Waals surface area contributed by atoms with Crippen molar-refractivity contribution in [3.8, 4) is 33.6 Å². The molecule has 8 heteroatoms. The summed E-state index contributed by atoms with van der Waals surface area (Å²) in [7, 11) is 0. The van der Waals surface area contributed by atoms with Gasteiger partial charge in [-0.15, -0.1) is 56.9 Å². The Morgan fingerprint density at radius 2 is 0.839 bits per heavy atom. The van der Waals surface area contributed by atoms with E-state index in [-0.39, 0.29) is 30.2 Å². The Morgan fingerprint density at radius 3 is 1.21 bits per heavy atom. The molecular weight excluding hydrogens is 823 g/mol. The van der Waals surface area contributed by atoms with E-state index in [2.05, 4.69) is 185 Å². The second kappa shape index (κ2) is 18.0. The Hall–Kier alpha value is -4.84. The molecule has 0 atom stereocenters. The molecule has 0 saturated carbocycles. The normalized spacial score (nSPS) is 10.7. The Balaban J connectivity index is 0.000000168. The second-order valence-electron chi connectivity index (χ2n) is 14.1. The molecule has 4 nitrogen and oxygen atoms in total. The average Bonchev–Trinajstić information content (AvgIpc) is 3.98. The number of aryl methyl sites for hydroxylation is 2. The van der Waals surface area contributed by atoms with Crippen LogP contribution < -0.4 is 24.8 Å². The number of fused-ring (bicyclic) bond motifs is 4. The average molecular weight is 863 g/mol. The molecule has 2 heterocycles. The summed E-state index contributed by atoms with van der Waals surface area (Å²) in [6.45, 7) is 8.91. The molecule has 0 bridgehead atoms. The Bertz CT molecular complexity index is 2640. The summed E-state index contributed by atoms with van der Waals surface area (Å²) in [4.78, 5) is 0. The van der Waals surface area contributed by atoms with Gasteiger partial charge in [0.2, 0.25) is 0 Å². The molecular formula is C48H40Cl2N4SiZr-2. The molecule has 56 heavy (non-hydrogen) atoms. The molecule has 10 rings (SSSR count). The zero-order valence-electron chi connectivity index (χ0n) is 31.7. The fraction of sp³-hybridized carbons (Fsp3) is 0.0833. The van der Waals surface area contributed by atoms with Gasteiger partial charge in [0, 0.05) is 34.5 Å². The first-order valence-electron chi connectivity index (χ1n) is 18.2. The molecule has 0 aliphatic carbocycles. The van der Waals surface area contributed by atoms with E-state index in [1.165, 1.54) is 54.9 Å². The second-order valence-corrected chi connectivity index (χ2v) is 23.4. The molecule has 0 unspecified atom stereocenters. The van der Waals surface area contributed by atoms with Gasteiger partial charge in [0.25, 0.3) is 0 Å². The summed E-state index contributed by atoms with van der Waals surface area (Å²) >= 11 is 1.74. The van der Waals surface area contributed by atoms with Crippen molar-refractivity contribution in [3.63, 3.8) is 0 Å². The third kappa shape index (κ3) is 8.90. The minimum absolute atomic E-state index is 0. The van der Waals surface area contributed by atoms with Crippen molar-refractivity contribution in [1.82, 2.24) is 19.6 Å². The monoisotopic (exact) mass is 860 g/mol. The van der Waals surface area contributed by atoms with Crippen molar-refractivity contribution in [2.45, 2.75) is 26.9 Å². The van der Waals surface area contributed by atoms with Gasteiger partial charge in [0.1, 0.15) is 0 Å². The van der Waals surface area contributed by atoms with Gasteiger partial charge >= 0.3 is 41.9 Å². The summed E-state index contributed by atoms with van der Waals surface area (Å²) in [5.74, 6) is 0. The van der Waals surface area contributed by atoms with Crippen LogP contribution in [-0.2, 0) is 23.3 Å². The number of aromatic nitrogens is 4. The van der Waals surface area contributed by atoms with Gasteiger partial charge in [0.15, 0.2) is 0 Å². The molecule has 0 N–H and O–H groups in total. The van der Waals surface area contributed by atoms with E-state index < -0.39 is 0 Å². The number of hydrogen-bond donors (Lipinski definition) is 0. The maximum Gasteiger partial charge on any atom is 0.0927 e. The van der Waals surface area contributed by atoms with Crippen LogP contribution >= 0.6 is 0 Å². The molecule has 0 saturated heterocycles. The topological polar surface area (TPSA) is 35.6 Å². The third-order valence-corrected chi connectivity index (χ3v) is 9.43. The van der Waals surface area contributed by atoms with Gasteiger partial charge in [-0.25, -0.2) is 9.36 Å². The van der Waals surface area contributed by atoms with E-state index in [0.29, 0.717) is 0 Å². The van der Waals surface area contributed by atoms with Gasteiger partial charge in [-0.2, -0.15) is 22.3 Å². The van der Waals surface area contributed by atoms with Crippen LogP contribution in [0.2, 0.25) is 13.1 Å². The van der Waals surface area contributed by atoms with Crippen molar-refractivity contribution in [2.75, 3.05) is 0 Å². The van der Waals surface area contributed by atoms with Crippen LogP contribution in [0.25, 0.3) is 77.0 Å². The smallest absolute Gasteiger partial charge is 0.0927 e. The number of rotatable bonds is 4. The summed E-state index contributed by atoms with van der Waals surface area (Å²) in [6.07, 6.45) is 4.22. The van der Waals surface area contributed by atoms with Crippen LogP contribution in [-0.4, -0.2) is 25.0 Å². The van der Waals surface area contributed by atoms with Crippen LogP contribution in [0.4, 0.5) is 0 Å². The third-order valence-electron chi connectivity index (χ3n) is 9.43.